The molecule has 170 valence electrons. The van der Waals surface area contributed by atoms with Gasteiger partial charge >= 0.3 is 0 Å². The highest BCUT2D eigenvalue weighted by molar-refractivity contribution is 5.96. The molecule has 1 unspecified atom stereocenters. The predicted molar refractivity (Wildman–Crippen MR) is 120 cm³/mol. The molecule has 7 heteroatoms. The van der Waals surface area contributed by atoms with Crippen molar-refractivity contribution in [1.29, 1.82) is 0 Å². The zero-order valence-electron chi connectivity index (χ0n) is 18.6. The number of methoxy groups -OCH3 is 2. The first kappa shape index (κ1) is 22.0. The molecule has 1 aliphatic carbocycles. The molecule has 2 aliphatic rings. The van der Waals surface area contributed by atoms with Gasteiger partial charge in [0, 0.05) is 24.7 Å². The van der Waals surface area contributed by atoms with E-state index in [4.69, 9.17) is 14.2 Å². The molecule has 2 amide bonds. The lowest BCUT2D eigenvalue weighted by molar-refractivity contribution is -0.126. The summed E-state index contributed by atoms with van der Waals surface area (Å²) in [5.74, 6) is 1.08. The molecule has 4 rings (SSSR count). The summed E-state index contributed by atoms with van der Waals surface area (Å²) in [5.41, 5.74) is 1.47. The smallest absolute Gasteiger partial charge is 0.254 e. The van der Waals surface area contributed by atoms with E-state index in [1.165, 1.54) is 14.2 Å². The Morgan fingerprint density at radius 3 is 2.34 bits per heavy atom. The minimum Gasteiger partial charge on any atom is -0.493 e. The number of hydrogen-bond acceptors (Lipinski definition) is 5. The van der Waals surface area contributed by atoms with Gasteiger partial charge in [0.05, 0.1) is 20.1 Å². The largest absolute Gasteiger partial charge is 0.493 e. The van der Waals surface area contributed by atoms with Crippen LogP contribution in [0.2, 0.25) is 0 Å². The van der Waals surface area contributed by atoms with Crippen molar-refractivity contribution >= 4 is 11.8 Å². The molecule has 1 saturated heterocycles. The lowest BCUT2D eigenvalue weighted by Gasteiger charge is -2.32. The first-order chi connectivity index (χ1) is 15.6. The molecular weight excluding hydrogens is 408 g/mol. The summed E-state index contributed by atoms with van der Waals surface area (Å²) in [6.45, 7) is 1.40. The zero-order valence-corrected chi connectivity index (χ0v) is 18.6. The molecule has 1 saturated carbocycles. The fourth-order valence-electron chi connectivity index (χ4n) is 3.98. The molecule has 2 aromatic rings. The number of rotatable bonds is 8. The maximum atomic E-state index is 13.3. The Labute approximate surface area is 188 Å². The van der Waals surface area contributed by atoms with E-state index in [1.807, 2.05) is 30.3 Å². The SMILES string of the molecule is COc1cc(C(=O)N2CCCC(C(=O)NC3CC3)C2)cc(OC)c1OCc1ccccc1. The maximum absolute atomic E-state index is 13.3. The summed E-state index contributed by atoms with van der Waals surface area (Å²) in [5, 5.41) is 3.06. The number of amides is 2. The normalized spacial score (nSPS) is 18.1. The fourth-order valence-corrected chi connectivity index (χ4v) is 3.98. The van der Waals surface area contributed by atoms with Crippen molar-refractivity contribution in [3.8, 4) is 17.2 Å². The van der Waals surface area contributed by atoms with Crippen LogP contribution in [0.15, 0.2) is 42.5 Å². The van der Waals surface area contributed by atoms with E-state index >= 15 is 0 Å². The molecule has 7 nitrogen and oxygen atoms in total. The van der Waals surface area contributed by atoms with Crippen LogP contribution in [0.3, 0.4) is 0 Å². The van der Waals surface area contributed by atoms with E-state index in [1.54, 1.807) is 17.0 Å². The van der Waals surface area contributed by atoms with Crippen molar-refractivity contribution in [2.45, 2.75) is 38.3 Å². The Morgan fingerprint density at radius 2 is 1.72 bits per heavy atom. The Balaban J connectivity index is 1.49. The zero-order chi connectivity index (χ0) is 22.5. The van der Waals surface area contributed by atoms with E-state index in [-0.39, 0.29) is 17.7 Å². The second-order valence-electron chi connectivity index (χ2n) is 8.36. The highest BCUT2D eigenvalue weighted by Crippen LogP contribution is 2.39. The number of carbonyl (C=O) groups is 2. The number of benzene rings is 2. The molecule has 2 fully saturated rings. The third-order valence-corrected chi connectivity index (χ3v) is 5.94. The summed E-state index contributed by atoms with van der Waals surface area (Å²) in [6.07, 6.45) is 3.72. The van der Waals surface area contributed by atoms with Crippen LogP contribution in [-0.4, -0.2) is 50.1 Å². The van der Waals surface area contributed by atoms with E-state index in [0.717, 1.165) is 31.2 Å². The van der Waals surface area contributed by atoms with Gasteiger partial charge in [-0.3, -0.25) is 9.59 Å². The van der Waals surface area contributed by atoms with Crippen LogP contribution >= 0.6 is 0 Å². The van der Waals surface area contributed by atoms with Crippen molar-refractivity contribution in [2.75, 3.05) is 27.3 Å². The second-order valence-corrected chi connectivity index (χ2v) is 8.36. The van der Waals surface area contributed by atoms with Gasteiger partial charge in [0.15, 0.2) is 11.5 Å². The summed E-state index contributed by atoms with van der Waals surface area (Å²) >= 11 is 0. The lowest BCUT2D eigenvalue weighted by atomic mass is 9.96. The van der Waals surface area contributed by atoms with Crippen LogP contribution in [0.4, 0.5) is 0 Å². The number of carbonyl (C=O) groups excluding carboxylic acids is 2. The predicted octanol–water partition coefficient (Wildman–Crippen LogP) is 3.41. The van der Waals surface area contributed by atoms with Gasteiger partial charge in [-0.2, -0.15) is 0 Å². The molecule has 0 aromatic heterocycles. The van der Waals surface area contributed by atoms with Gasteiger partial charge < -0.3 is 24.4 Å². The minimum atomic E-state index is -0.162. The third kappa shape index (κ3) is 5.15. The standard InChI is InChI=1S/C25H30N2O5/c1-30-21-13-19(14-22(31-2)23(21)32-16-17-7-4-3-5-8-17)25(29)27-12-6-9-18(15-27)24(28)26-20-10-11-20/h3-5,7-8,13-14,18,20H,6,9-12,15-16H2,1-2H3,(H,26,28). The second kappa shape index (κ2) is 9.94. The highest BCUT2D eigenvalue weighted by Gasteiger charge is 2.32. The van der Waals surface area contributed by atoms with Crippen LogP contribution < -0.4 is 19.5 Å². The van der Waals surface area contributed by atoms with E-state index in [2.05, 4.69) is 5.32 Å². The number of ether oxygens (including phenoxy) is 3. The summed E-state index contributed by atoms with van der Waals surface area (Å²) in [7, 11) is 3.08. The average molecular weight is 439 g/mol. The van der Waals surface area contributed by atoms with E-state index in [0.29, 0.717) is 48.6 Å². The van der Waals surface area contributed by atoms with Gasteiger partial charge in [0.25, 0.3) is 5.91 Å². The molecule has 32 heavy (non-hydrogen) atoms. The number of hydrogen-bond donors (Lipinski definition) is 1. The number of nitrogens with zero attached hydrogens (tertiary/aromatic N) is 1. The topological polar surface area (TPSA) is 77.1 Å². The van der Waals surface area contributed by atoms with Crippen LogP contribution in [-0.2, 0) is 11.4 Å². The maximum Gasteiger partial charge on any atom is 0.254 e. The monoisotopic (exact) mass is 438 g/mol. The molecule has 0 spiro atoms. The van der Waals surface area contributed by atoms with Crippen LogP contribution in [0.25, 0.3) is 0 Å². The average Bonchev–Trinajstić information content (AvgIpc) is 3.66. The summed E-state index contributed by atoms with van der Waals surface area (Å²) in [4.78, 5) is 27.5. The minimum absolute atomic E-state index is 0.0600. The highest BCUT2D eigenvalue weighted by atomic mass is 16.5. The molecule has 1 aliphatic heterocycles. The quantitative estimate of drug-likeness (QED) is 0.684. The molecule has 1 N–H and O–H groups in total. The fraction of sp³-hybridized carbons (Fsp3) is 0.440. The first-order valence-electron chi connectivity index (χ1n) is 11.1. The van der Waals surface area contributed by atoms with Crippen LogP contribution in [0.1, 0.15) is 41.6 Å². The number of likely N-dealkylation sites (tertiary alicyclic amines) is 1. The molecule has 0 bridgehead atoms. The first-order valence-corrected chi connectivity index (χ1v) is 11.1. The summed E-state index contributed by atoms with van der Waals surface area (Å²) < 4.78 is 17.0. The van der Waals surface area contributed by atoms with Crippen molar-refractivity contribution in [3.63, 3.8) is 0 Å². The Kier molecular flexibility index (Phi) is 6.83. The molecule has 1 atom stereocenters. The van der Waals surface area contributed by atoms with Gasteiger partial charge in [-0.15, -0.1) is 0 Å². The van der Waals surface area contributed by atoms with Crippen LogP contribution in [0, 0.1) is 5.92 Å². The van der Waals surface area contributed by atoms with Crippen molar-refractivity contribution in [1.82, 2.24) is 10.2 Å². The number of nitrogens with one attached hydrogen (secondary N) is 1. The lowest BCUT2D eigenvalue weighted by Crippen LogP contribution is -2.45. The van der Waals surface area contributed by atoms with Crippen molar-refractivity contribution in [2.24, 2.45) is 5.92 Å². The third-order valence-electron chi connectivity index (χ3n) is 5.94. The van der Waals surface area contributed by atoms with Gasteiger partial charge in [-0.1, -0.05) is 30.3 Å². The summed E-state index contributed by atoms with van der Waals surface area (Å²) in [6, 6.07) is 13.5. The van der Waals surface area contributed by atoms with Gasteiger partial charge in [-0.05, 0) is 43.4 Å². The van der Waals surface area contributed by atoms with Gasteiger partial charge in [0.2, 0.25) is 11.7 Å². The van der Waals surface area contributed by atoms with Crippen molar-refractivity contribution in [3.05, 3.63) is 53.6 Å². The van der Waals surface area contributed by atoms with Crippen molar-refractivity contribution < 1.29 is 23.8 Å². The van der Waals surface area contributed by atoms with E-state index in [9.17, 15) is 9.59 Å². The number of piperidine rings is 1. The Hall–Kier alpha value is -3.22. The van der Waals surface area contributed by atoms with Crippen LogP contribution in [0.5, 0.6) is 17.2 Å². The molecule has 0 radical (unpaired) electrons. The molecule has 1 heterocycles. The molecular formula is C25H30N2O5. The van der Waals surface area contributed by atoms with Gasteiger partial charge in [-0.25, -0.2) is 0 Å². The van der Waals surface area contributed by atoms with Gasteiger partial charge in [0.1, 0.15) is 6.61 Å². The Bertz CT molecular complexity index is 933. The van der Waals surface area contributed by atoms with E-state index < -0.39 is 0 Å². The molecule has 2 aromatic carbocycles. The Morgan fingerprint density at radius 1 is 1.03 bits per heavy atom.